The van der Waals surface area contributed by atoms with Crippen molar-refractivity contribution in [2.24, 2.45) is 5.73 Å². The van der Waals surface area contributed by atoms with E-state index in [-0.39, 0.29) is 11.3 Å². The van der Waals surface area contributed by atoms with Gasteiger partial charge >= 0.3 is 0 Å². The number of carbonyl (C=O) groups is 2. The van der Waals surface area contributed by atoms with Crippen molar-refractivity contribution in [1.29, 1.82) is 0 Å². The van der Waals surface area contributed by atoms with E-state index in [0.717, 1.165) is 16.5 Å². The van der Waals surface area contributed by atoms with Crippen LogP contribution in [0.4, 0.5) is 5.69 Å². The Kier molecular flexibility index (Phi) is 5.41. The Balaban J connectivity index is 1.65. The largest absolute Gasteiger partial charge is 0.364 e. The van der Waals surface area contributed by atoms with Crippen LogP contribution in [0.3, 0.4) is 0 Å². The zero-order valence-electron chi connectivity index (χ0n) is 17.8. The highest BCUT2D eigenvalue weighted by molar-refractivity contribution is 7.12. The van der Waals surface area contributed by atoms with Gasteiger partial charge in [0.25, 0.3) is 11.8 Å². The molecule has 0 aliphatic heterocycles. The number of amides is 2. The topological polar surface area (TPSA) is 77.1 Å². The Hall–Kier alpha value is -3.38. The lowest BCUT2D eigenvalue weighted by molar-refractivity contribution is 0.0990. The molecule has 6 heteroatoms. The van der Waals surface area contributed by atoms with Gasteiger partial charge in [-0.2, -0.15) is 0 Å². The van der Waals surface area contributed by atoms with E-state index in [1.165, 1.54) is 16.9 Å². The van der Waals surface area contributed by atoms with E-state index in [0.29, 0.717) is 22.8 Å². The molecule has 0 saturated heterocycles. The van der Waals surface area contributed by atoms with Crippen molar-refractivity contribution in [1.82, 2.24) is 4.57 Å². The van der Waals surface area contributed by atoms with Gasteiger partial charge in [0.05, 0.1) is 4.88 Å². The van der Waals surface area contributed by atoms with E-state index in [1.54, 1.807) is 12.1 Å². The molecule has 0 aliphatic carbocycles. The normalized spacial score (nSPS) is 11.6. The van der Waals surface area contributed by atoms with Crippen molar-refractivity contribution in [3.63, 3.8) is 0 Å². The van der Waals surface area contributed by atoms with E-state index in [2.05, 4.69) is 50.4 Å². The maximum atomic E-state index is 12.4. The van der Waals surface area contributed by atoms with Crippen LogP contribution < -0.4 is 11.1 Å². The summed E-state index contributed by atoms with van der Waals surface area (Å²) >= 11 is 1.39. The third-order valence-corrected chi connectivity index (χ3v) is 6.19. The molecule has 0 unspecified atom stereocenters. The van der Waals surface area contributed by atoms with E-state index >= 15 is 0 Å². The minimum atomic E-state index is -0.480. The van der Waals surface area contributed by atoms with Gasteiger partial charge in [0.15, 0.2) is 0 Å². The Morgan fingerprint density at radius 1 is 1.03 bits per heavy atom. The van der Waals surface area contributed by atoms with E-state index in [4.69, 9.17) is 5.73 Å². The first-order chi connectivity index (χ1) is 14.7. The molecule has 5 nitrogen and oxygen atoms in total. The molecular weight excluding hydrogens is 406 g/mol. The van der Waals surface area contributed by atoms with E-state index in [1.807, 2.05) is 34.2 Å². The van der Waals surface area contributed by atoms with Crippen LogP contribution in [0.25, 0.3) is 10.9 Å². The van der Waals surface area contributed by atoms with Crippen molar-refractivity contribution < 1.29 is 9.59 Å². The molecule has 0 fully saturated rings. The molecule has 0 atom stereocenters. The summed E-state index contributed by atoms with van der Waals surface area (Å²) in [5.41, 5.74) is 10.1. The molecule has 0 aliphatic rings. The highest BCUT2D eigenvalue weighted by Crippen LogP contribution is 2.27. The number of anilines is 1. The van der Waals surface area contributed by atoms with Gasteiger partial charge in [-0.1, -0.05) is 51.1 Å². The Morgan fingerprint density at radius 2 is 1.77 bits per heavy atom. The summed E-state index contributed by atoms with van der Waals surface area (Å²) in [7, 11) is 0. The standard InChI is InChI=1S/C25H25N3O2S/c1-25(2,3)18-8-6-16(7-9-18)15-28-20-11-10-19(13-17(20)14-21(28)23(26)29)27-24(30)22-5-4-12-31-22/h4-14H,15H2,1-3H3,(H2,26,29)(H,27,30). The van der Waals surface area contributed by atoms with Crippen molar-refractivity contribution in [3.8, 4) is 0 Å². The van der Waals surface area contributed by atoms with Gasteiger partial charge in [0.1, 0.15) is 5.69 Å². The fraction of sp³-hybridized carbons (Fsp3) is 0.200. The van der Waals surface area contributed by atoms with Gasteiger partial charge in [0.2, 0.25) is 0 Å². The van der Waals surface area contributed by atoms with E-state index < -0.39 is 5.91 Å². The summed E-state index contributed by atoms with van der Waals surface area (Å²) in [6.07, 6.45) is 0. The number of aromatic nitrogens is 1. The van der Waals surface area contributed by atoms with Crippen LogP contribution in [-0.2, 0) is 12.0 Å². The van der Waals surface area contributed by atoms with Crippen molar-refractivity contribution in [2.45, 2.75) is 32.7 Å². The van der Waals surface area contributed by atoms with E-state index in [9.17, 15) is 9.59 Å². The summed E-state index contributed by atoms with van der Waals surface area (Å²) in [5, 5.41) is 5.63. The molecule has 0 saturated carbocycles. The lowest BCUT2D eigenvalue weighted by atomic mass is 9.87. The first-order valence-electron chi connectivity index (χ1n) is 10.1. The second kappa shape index (κ2) is 8.04. The monoisotopic (exact) mass is 431 g/mol. The average Bonchev–Trinajstić information content (AvgIpc) is 3.36. The number of primary amides is 1. The molecule has 2 amide bonds. The highest BCUT2D eigenvalue weighted by Gasteiger charge is 2.16. The van der Waals surface area contributed by atoms with Crippen LogP contribution in [0, 0.1) is 0 Å². The summed E-state index contributed by atoms with van der Waals surface area (Å²) in [6, 6.07) is 19.5. The number of carbonyl (C=O) groups excluding carboxylic acids is 2. The predicted molar refractivity (Wildman–Crippen MR) is 127 cm³/mol. The number of nitrogens with one attached hydrogen (secondary N) is 1. The zero-order chi connectivity index (χ0) is 22.2. The minimum Gasteiger partial charge on any atom is -0.364 e. The molecular formula is C25H25N3O2S. The molecule has 3 N–H and O–H groups in total. The Morgan fingerprint density at radius 3 is 2.39 bits per heavy atom. The number of thiophene rings is 1. The third kappa shape index (κ3) is 4.39. The minimum absolute atomic E-state index is 0.0843. The molecule has 2 aromatic carbocycles. The van der Waals surface area contributed by atoms with Crippen LogP contribution in [0.15, 0.2) is 66.0 Å². The van der Waals surface area contributed by atoms with Crippen LogP contribution in [0.2, 0.25) is 0 Å². The van der Waals surface area contributed by atoms with Crippen molar-refractivity contribution >= 4 is 39.7 Å². The maximum Gasteiger partial charge on any atom is 0.265 e. The summed E-state index contributed by atoms with van der Waals surface area (Å²) in [4.78, 5) is 25.1. The average molecular weight is 432 g/mol. The van der Waals surface area contributed by atoms with Crippen LogP contribution in [-0.4, -0.2) is 16.4 Å². The molecule has 31 heavy (non-hydrogen) atoms. The summed E-state index contributed by atoms with van der Waals surface area (Å²) in [6.45, 7) is 7.08. The number of benzene rings is 2. The van der Waals surface area contributed by atoms with Crippen molar-refractivity contribution in [3.05, 3.63) is 87.7 Å². The van der Waals surface area contributed by atoms with Crippen molar-refractivity contribution in [2.75, 3.05) is 5.32 Å². The Labute approximate surface area is 185 Å². The third-order valence-electron chi connectivity index (χ3n) is 5.32. The second-order valence-electron chi connectivity index (χ2n) is 8.63. The van der Waals surface area contributed by atoms with Gasteiger partial charge < -0.3 is 15.6 Å². The number of hydrogen-bond acceptors (Lipinski definition) is 3. The molecule has 0 spiro atoms. The molecule has 2 heterocycles. The second-order valence-corrected chi connectivity index (χ2v) is 9.58. The first kappa shape index (κ1) is 20.9. The van der Waals surface area contributed by atoms with Crippen LogP contribution >= 0.6 is 11.3 Å². The number of rotatable bonds is 5. The lowest BCUT2D eigenvalue weighted by Crippen LogP contribution is -2.17. The van der Waals surface area contributed by atoms with Gasteiger partial charge in [-0.25, -0.2) is 0 Å². The molecule has 0 bridgehead atoms. The SMILES string of the molecule is CC(C)(C)c1ccc(Cn2c(C(N)=O)cc3cc(NC(=O)c4cccs4)ccc32)cc1. The molecule has 158 valence electrons. The number of nitrogens with two attached hydrogens (primary N) is 1. The molecule has 2 aromatic heterocycles. The summed E-state index contributed by atoms with van der Waals surface area (Å²) < 4.78 is 1.93. The van der Waals surface area contributed by atoms with Gasteiger partial charge in [-0.15, -0.1) is 11.3 Å². The number of nitrogens with zero attached hydrogens (tertiary/aromatic N) is 1. The summed E-state index contributed by atoms with van der Waals surface area (Å²) in [5.74, 6) is -0.630. The highest BCUT2D eigenvalue weighted by atomic mass is 32.1. The Bertz CT molecular complexity index is 1250. The first-order valence-corrected chi connectivity index (χ1v) is 11.0. The predicted octanol–water partition coefficient (Wildman–Crippen LogP) is 5.40. The fourth-order valence-electron chi connectivity index (χ4n) is 3.62. The van der Waals surface area contributed by atoms with Gasteiger partial charge in [-0.05, 0) is 52.3 Å². The van der Waals surface area contributed by atoms with Gasteiger partial charge in [0, 0.05) is 23.1 Å². The quantitative estimate of drug-likeness (QED) is 0.444. The molecule has 4 aromatic rings. The zero-order valence-corrected chi connectivity index (χ0v) is 18.6. The molecule has 4 rings (SSSR count). The smallest absolute Gasteiger partial charge is 0.265 e. The van der Waals surface area contributed by atoms with Crippen LogP contribution in [0.5, 0.6) is 0 Å². The lowest BCUT2D eigenvalue weighted by Gasteiger charge is -2.19. The number of hydrogen-bond donors (Lipinski definition) is 2. The maximum absolute atomic E-state index is 12.4. The fourth-order valence-corrected chi connectivity index (χ4v) is 4.24. The number of fused-ring (bicyclic) bond motifs is 1. The molecule has 0 radical (unpaired) electrons. The van der Waals surface area contributed by atoms with Crippen LogP contribution in [0.1, 0.15) is 52.1 Å². The van der Waals surface area contributed by atoms with Gasteiger partial charge in [-0.3, -0.25) is 9.59 Å².